The molecule has 2 aliphatic carbocycles. The second-order valence-electron chi connectivity index (χ2n) is 17.3. The fraction of sp³-hybridized carbons (Fsp3) is 0.510. The lowest BCUT2D eigenvalue weighted by Gasteiger charge is -2.24. The van der Waals surface area contributed by atoms with Gasteiger partial charge in [0.25, 0.3) is 5.56 Å². The second-order valence-corrected chi connectivity index (χ2v) is 17.3. The second kappa shape index (κ2) is 24.4. The summed E-state index contributed by atoms with van der Waals surface area (Å²) in [4.78, 5) is 57.2. The molecule has 1 aromatic heterocycles. The molecule has 13 heteroatoms. The lowest BCUT2D eigenvalue weighted by Crippen LogP contribution is -2.40. The molecule has 2 aliphatic heterocycles. The van der Waals surface area contributed by atoms with Crippen LogP contribution in [-0.4, -0.2) is 86.1 Å². The van der Waals surface area contributed by atoms with Gasteiger partial charge in [-0.15, -0.1) is 0 Å². The van der Waals surface area contributed by atoms with E-state index in [1.54, 1.807) is 4.90 Å². The number of aldehydes is 1. The standard InChI is InChI=1S/C40H46N6O4.C5H9NO2.2C3H8/c1-50-39(49)43-24-36(47)46-19-5-7-35(46)37-44-34-15-10-26(20-31(34)38(48)45-37)30-14-13-29(32-21-40(22-33(30)32)16-2-3-17-40)25-8-11-27(12-9-25)42-23-28-6-4-18-41-28;1-5(8-2)6-3-4-7;2*1-3-2/h8-15,20,28,35,41-42H,2-7,16-19,21-24H2,1H3,(H,43,49)(H,44,45,48);4,6H,1,3H2,2H3;2*3H2,1-2H3/t28-,35?;;;/m0.../s1. The van der Waals surface area contributed by atoms with Crippen molar-refractivity contribution in [3.05, 3.63) is 94.4 Å². The van der Waals surface area contributed by atoms with Crippen molar-refractivity contribution in [2.75, 3.05) is 52.3 Å². The summed E-state index contributed by atoms with van der Waals surface area (Å²) in [7, 11) is 2.75. The third kappa shape index (κ3) is 12.7. The Balaban J connectivity index is 0.000000483. The Labute approximate surface area is 379 Å². The molecule has 2 atom stereocenters. The number of likely N-dealkylation sites (tertiary alicyclic amines) is 1. The van der Waals surface area contributed by atoms with Crippen molar-refractivity contribution in [1.82, 2.24) is 30.8 Å². The Morgan fingerprint density at radius 3 is 2.14 bits per heavy atom. The normalized spacial score (nSPS) is 17.8. The van der Waals surface area contributed by atoms with Gasteiger partial charge in [-0.25, -0.2) is 9.78 Å². The Hall–Kier alpha value is -5.69. The summed E-state index contributed by atoms with van der Waals surface area (Å²) in [5.41, 5.74) is 9.55. The van der Waals surface area contributed by atoms with Crippen molar-refractivity contribution in [3.63, 3.8) is 0 Å². The molecule has 8 rings (SSSR count). The zero-order chi connectivity index (χ0) is 46.1. The van der Waals surface area contributed by atoms with Crippen molar-refractivity contribution in [3.8, 4) is 22.3 Å². The van der Waals surface area contributed by atoms with Crippen LogP contribution in [0.5, 0.6) is 0 Å². The molecular formula is C51H71N7O6. The first-order valence-corrected chi connectivity index (χ1v) is 23.3. The predicted molar refractivity (Wildman–Crippen MR) is 257 cm³/mol. The van der Waals surface area contributed by atoms with Crippen molar-refractivity contribution < 1.29 is 23.9 Å². The van der Waals surface area contributed by atoms with Crippen molar-refractivity contribution in [2.45, 2.75) is 117 Å². The zero-order valence-electron chi connectivity index (χ0n) is 39.0. The number of hydrogen-bond acceptors (Lipinski definition) is 10. The van der Waals surface area contributed by atoms with E-state index in [4.69, 9.17) is 4.98 Å². The zero-order valence-corrected chi connectivity index (χ0v) is 39.0. The van der Waals surface area contributed by atoms with E-state index < -0.39 is 6.09 Å². The van der Waals surface area contributed by atoms with Crippen LogP contribution >= 0.6 is 0 Å². The fourth-order valence-electron chi connectivity index (χ4n) is 9.25. The number of methoxy groups -OCH3 is 2. The van der Waals surface area contributed by atoms with Gasteiger partial charge in [-0.1, -0.05) is 83.7 Å². The van der Waals surface area contributed by atoms with Gasteiger partial charge in [-0.2, -0.15) is 0 Å². The van der Waals surface area contributed by atoms with Crippen LogP contribution in [0.4, 0.5) is 10.5 Å². The largest absolute Gasteiger partial charge is 0.483 e. The average Bonchev–Trinajstić information content (AvgIpc) is 4.16. The summed E-state index contributed by atoms with van der Waals surface area (Å²) < 4.78 is 9.18. The first kappa shape index (κ1) is 49.3. The summed E-state index contributed by atoms with van der Waals surface area (Å²) in [6.45, 7) is 14.6. The first-order valence-electron chi connectivity index (χ1n) is 23.3. The average molecular weight is 878 g/mol. The Bertz CT molecular complexity index is 2230. The molecule has 4 aromatic rings. The van der Waals surface area contributed by atoms with Crippen LogP contribution in [0, 0.1) is 5.41 Å². The van der Waals surface area contributed by atoms with Crippen LogP contribution in [0.2, 0.25) is 0 Å². The minimum Gasteiger partial charge on any atom is -0.483 e. The van der Waals surface area contributed by atoms with Crippen LogP contribution in [0.3, 0.4) is 0 Å². The number of ether oxygens (including phenoxy) is 2. The lowest BCUT2D eigenvalue weighted by atomic mass is 9.82. The molecule has 0 radical (unpaired) electrons. The molecular weight excluding hydrogens is 807 g/mol. The molecule has 0 bridgehead atoms. The highest BCUT2D eigenvalue weighted by Gasteiger charge is 2.41. The number of aromatic nitrogens is 2. The molecule has 1 spiro atoms. The minimum atomic E-state index is -0.657. The highest BCUT2D eigenvalue weighted by Crippen LogP contribution is 2.53. The topological polar surface area (TPSA) is 167 Å². The Morgan fingerprint density at radius 1 is 0.875 bits per heavy atom. The smallest absolute Gasteiger partial charge is 0.407 e. The van der Waals surface area contributed by atoms with Gasteiger partial charge in [-0.05, 0) is 128 Å². The van der Waals surface area contributed by atoms with Gasteiger partial charge < -0.3 is 45.4 Å². The maximum atomic E-state index is 13.6. The summed E-state index contributed by atoms with van der Waals surface area (Å²) >= 11 is 0. The fourth-order valence-corrected chi connectivity index (χ4v) is 9.25. The van der Waals surface area contributed by atoms with Gasteiger partial charge in [0, 0.05) is 24.8 Å². The molecule has 3 fully saturated rings. The molecule has 2 saturated heterocycles. The van der Waals surface area contributed by atoms with Gasteiger partial charge in [0.2, 0.25) is 5.91 Å². The molecule has 2 amide bonds. The van der Waals surface area contributed by atoms with E-state index in [1.165, 1.54) is 93.4 Å². The maximum absolute atomic E-state index is 13.6. The first-order chi connectivity index (χ1) is 31.0. The number of amides is 2. The number of rotatable bonds is 12. The highest BCUT2D eigenvalue weighted by atomic mass is 16.5. The van der Waals surface area contributed by atoms with Crippen molar-refractivity contribution in [2.24, 2.45) is 5.41 Å². The highest BCUT2D eigenvalue weighted by molar-refractivity contribution is 5.87. The van der Waals surface area contributed by atoms with E-state index in [0.717, 1.165) is 49.9 Å². The number of aromatic amines is 1. The van der Waals surface area contributed by atoms with Gasteiger partial charge in [-0.3, -0.25) is 9.59 Å². The predicted octanol–water partition coefficient (Wildman–Crippen LogP) is 8.82. The van der Waals surface area contributed by atoms with E-state index in [-0.39, 0.29) is 30.6 Å². The summed E-state index contributed by atoms with van der Waals surface area (Å²) in [5.74, 6) is 0.652. The maximum Gasteiger partial charge on any atom is 0.407 e. The van der Waals surface area contributed by atoms with Gasteiger partial charge in [0.1, 0.15) is 18.7 Å². The van der Waals surface area contributed by atoms with Gasteiger partial charge in [0.15, 0.2) is 5.88 Å². The molecule has 1 saturated carbocycles. The molecule has 3 heterocycles. The van der Waals surface area contributed by atoms with E-state index in [0.29, 0.717) is 47.0 Å². The minimum absolute atomic E-state index is 0.171. The number of benzene rings is 3. The summed E-state index contributed by atoms with van der Waals surface area (Å²) in [6.07, 6.45) is 13.8. The molecule has 3 aromatic carbocycles. The molecule has 4 aliphatic rings. The third-order valence-corrected chi connectivity index (χ3v) is 12.2. The number of anilines is 1. The molecule has 13 nitrogen and oxygen atoms in total. The van der Waals surface area contributed by atoms with E-state index in [2.05, 4.69) is 112 Å². The van der Waals surface area contributed by atoms with E-state index >= 15 is 0 Å². The summed E-state index contributed by atoms with van der Waals surface area (Å²) in [6, 6.07) is 19.7. The van der Waals surface area contributed by atoms with Crippen LogP contribution < -0.4 is 26.8 Å². The van der Waals surface area contributed by atoms with Gasteiger partial charge >= 0.3 is 6.09 Å². The molecule has 5 N–H and O–H groups in total. The van der Waals surface area contributed by atoms with E-state index in [9.17, 15) is 19.2 Å². The van der Waals surface area contributed by atoms with Crippen LogP contribution in [-0.2, 0) is 31.9 Å². The van der Waals surface area contributed by atoms with Crippen LogP contribution in [0.25, 0.3) is 33.2 Å². The lowest BCUT2D eigenvalue weighted by molar-refractivity contribution is -0.131. The number of hydrogen-bond donors (Lipinski definition) is 5. The van der Waals surface area contributed by atoms with Crippen molar-refractivity contribution in [1.29, 1.82) is 0 Å². The van der Waals surface area contributed by atoms with Gasteiger partial charge in [0.05, 0.1) is 37.7 Å². The number of fused-ring (bicyclic) bond motifs is 2. The number of carbonyl (C=O) groups is 3. The van der Waals surface area contributed by atoms with Crippen LogP contribution in [0.1, 0.15) is 115 Å². The number of H-pyrrole nitrogens is 1. The number of carbonyl (C=O) groups excluding carboxylic acids is 3. The number of nitrogens with one attached hydrogen (secondary N) is 5. The van der Waals surface area contributed by atoms with E-state index in [1.807, 2.05) is 12.1 Å². The van der Waals surface area contributed by atoms with Crippen LogP contribution in [0.15, 0.2) is 71.9 Å². The Morgan fingerprint density at radius 2 is 1.53 bits per heavy atom. The summed E-state index contributed by atoms with van der Waals surface area (Å²) in [5, 5.41) is 12.8. The monoisotopic (exact) mass is 878 g/mol. The SMILES string of the molecule is C=C(NCC=O)OC.CCC.CCC.COC(=O)NCC(=O)N1CCCC1c1nc2ccc(-c3ccc(-c4ccc(NC[C@@H]5CCCN5)cc4)c4c3CC3(CCCC3)C4)cc2c(=O)[nH]1. The number of alkyl carbamates (subject to hydrolysis) is 1. The third-order valence-electron chi connectivity index (χ3n) is 12.2. The molecule has 346 valence electrons. The van der Waals surface area contributed by atoms with Crippen molar-refractivity contribution >= 4 is 34.9 Å². The quantitative estimate of drug-likeness (QED) is 0.0686. The Kier molecular flexibility index (Phi) is 18.8. The molecule has 1 unspecified atom stereocenters. The number of nitrogens with zero attached hydrogens (tertiary/aromatic N) is 2. The molecule has 64 heavy (non-hydrogen) atoms.